The number of cyclic esters (lactones) is 3. The third-order valence-electron chi connectivity index (χ3n) is 10.7. The van der Waals surface area contributed by atoms with Crippen molar-refractivity contribution in [2.24, 2.45) is 35.5 Å². The number of carbonyl (C=O) groups is 3. The minimum Gasteiger partial charge on any atom is -0.441 e. The van der Waals surface area contributed by atoms with Crippen LogP contribution in [0, 0.1) is 35.5 Å². The molecule has 0 aromatic rings. The van der Waals surface area contributed by atoms with Gasteiger partial charge >= 0.3 is 18.3 Å². The fourth-order valence-electron chi connectivity index (χ4n) is 7.58. The van der Waals surface area contributed by atoms with E-state index in [1.165, 1.54) is 4.90 Å². The summed E-state index contributed by atoms with van der Waals surface area (Å²) < 4.78 is 16.6. The van der Waals surface area contributed by atoms with E-state index >= 15 is 0 Å². The van der Waals surface area contributed by atoms with E-state index in [0.29, 0.717) is 23.7 Å². The van der Waals surface area contributed by atoms with E-state index in [-0.39, 0.29) is 60.1 Å². The van der Waals surface area contributed by atoms with Crippen LogP contribution in [0.2, 0.25) is 0 Å². The van der Waals surface area contributed by atoms with E-state index in [0.717, 1.165) is 19.5 Å². The van der Waals surface area contributed by atoms with Gasteiger partial charge in [-0.2, -0.15) is 0 Å². The van der Waals surface area contributed by atoms with Gasteiger partial charge in [-0.15, -0.1) is 0 Å². The zero-order valence-electron chi connectivity index (χ0n) is 32.3. The Labute approximate surface area is 280 Å². The predicted molar refractivity (Wildman–Crippen MR) is 183 cm³/mol. The van der Waals surface area contributed by atoms with Gasteiger partial charge in [0.15, 0.2) is 0 Å². The van der Waals surface area contributed by atoms with Crippen molar-refractivity contribution in [1.29, 1.82) is 0 Å². The average molecular weight is 656 g/mol. The maximum Gasteiger partial charge on any atom is 0.412 e. The van der Waals surface area contributed by atoms with Crippen molar-refractivity contribution in [2.75, 3.05) is 19.8 Å². The van der Waals surface area contributed by atoms with E-state index in [4.69, 9.17) is 14.2 Å². The molecule has 0 radical (unpaired) electrons. The fourth-order valence-corrected chi connectivity index (χ4v) is 7.58. The van der Waals surface area contributed by atoms with Gasteiger partial charge in [-0.3, -0.25) is 4.90 Å². The summed E-state index contributed by atoms with van der Waals surface area (Å²) in [5.74, 6) is 2.01. The molecule has 6 atom stereocenters. The Hall–Kier alpha value is -2.23. The first-order chi connectivity index (χ1) is 21.0. The molecule has 10 heteroatoms. The van der Waals surface area contributed by atoms with E-state index in [1.807, 2.05) is 51.3 Å². The molecule has 3 aliphatic rings. The van der Waals surface area contributed by atoms with Crippen molar-refractivity contribution in [3.05, 3.63) is 0 Å². The molecule has 1 N–H and O–H groups in total. The monoisotopic (exact) mass is 656 g/mol. The lowest BCUT2D eigenvalue weighted by molar-refractivity contribution is -0.00743. The second-order valence-electron chi connectivity index (χ2n) is 15.8. The van der Waals surface area contributed by atoms with Crippen molar-refractivity contribution in [3.8, 4) is 0 Å². The van der Waals surface area contributed by atoms with Gasteiger partial charge in [0.25, 0.3) is 0 Å². The summed E-state index contributed by atoms with van der Waals surface area (Å²) in [6.45, 7) is 36.6. The molecule has 0 aromatic heterocycles. The van der Waals surface area contributed by atoms with Gasteiger partial charge in [0, 0.05) is 13.1 Å². The molecule has 270 valence electrons. The van der Waals surface area contributed by atoms with Gasteiger partial charge in [-0.05, 0) is 69.6 Å². The van der Waals surface area contributed by atoms with Crippen LogP contribution in [0.1, 0.15) is 124 Å². The van der Waals surface area contributed by atoms with Crippen LogP contribution >= 0.6 is 0 Å². The van der Waals surface area contributed by atoms with E-state index in [1.54, 1.807) is 0 Å². The van der Waals surface area contributed by atoms with Crippen LogP contribution in [0.25, 0.3) is 0 Å². The van der Waals surface area contributed by atoms with Crippen LogP contribution in [-0.4, -0.2) is 92.8 Å². The number of likely N-dealkylation sites (N-methyl/N-ethyl adjacent to an activating group) is 1. The van der Waals surface area contributed by atoms with Gasteiger partial charge in [0.05, 0.1) is 18.1 Å². The molecule has 3 aliphatic heterocycles. The quantitative estimate of drug-likeness (QED) is 0.238. The van der Waals surface area contributed by atoms with Crippen molar-refractivity contribution in [3.63, 3.8) is 0 Å². The number of ether oxygens (including phenoxy) is 3. The molecule has 3 fully saturated rings. The molecule has 0 saturated carbocycles. The topological polar surface area (TPSA) is 109 Å². The Morgan fingerprint density at radius 2 is 0.848 bits per heavy atom. The van der Waals surface area contributed by atoms with Crippen LogP contribution < -0.4 is 0 Å². The summed E-state index contributed by atoms with van der Waals surface area (Å²) in [6, 6.07) is 0.324. The highest BCUT2D eigenvalue weighted by Crippen LogP contribution is 2.41. The molecular weight excluding hydrogens is 586 g/mol. The number of amides is 3. The molecule has 0 aliphatic carbocycles. The summed E-state index contributed by atoms with van der Waals surface area (Å²) in [5.41, 5.74) is -1.20. The van der Waals surface area contributed by atoms with Gasteiger partial charge in [-0.25, -0.2) is 14.4 Å². The number of aliphatic hydroxyl groups is 1. The normalized spacial score (nSPS) is 31.2. The second-order valence-corrected chi connectivity index (χ2v) is 15.8. The van der Waals surface area contributed by atoms with Crippen LogP contribution in [0.3, 0.4) is 0 Å². The van der Waals surface area contributed by atoms with Crippen molar-refractivity contribution in [2.45, 2.75) is 159 Å². The maximum atomic E-state index is 11.9. The lowest BCUT2D eigenvalue weighted by atomic mass is 9.79. The summed E-state index contributed by atoms with van der Waals surface area (Å²) in [6.07, 6.45) is 0.267. The highest BCUT2D eigenvalue weighted by Gasteiger charge is 2.55. The number of aliphatic hydroxyl groups excluding tert-OH is 1. The van der Waals surface area contributed by atoms with Crippen molar-refractivity contribution < 1.29 is 33.7 Å². The Kier molecular flexibility index (Phi) is 14.8. The first kappa shape index (κ1) is 41.8. The molecule has 3 rings (SSSR count). The molecule has 10 nitrogen and oxygen atoms in total. The van der Waals surface area contributed by atoms with Crippen LogP contribution in [0.5, 0.6) is 0 Å². The summed E-state index contributed by atoms with van der Waals surface area (Å²) in [7, 11) is 0. The molecule has 0 spiro atoms. The zero-order valence-corrected chi connectivity index (χ0v) is 32.3. The van der Waals surface area contributed by atoms with E-state index < -0.39 is 11.7 Å². The lowest BCUT2D eigenvalue weighted by Crippen LogP contribution is -2.50. The SMILES string of the molecule is CC(C)C1N(CO)C(=O)OC1(C)C(C)C.CCCN1C(=O)OC(C)(C(C)C)C1C(C)C.CCN1C(=O)OC(C)(C(C)C)C1C(C)C. The largest absolute Gasteiger partial charge is 0.441 e. The molecule has 0 aromatic carbocycles. The Balaban J connectivity index is 0.000000345. The van der Waals surface area contributed by atoms with Gasteiger partial charge in [0.1, 0.15) is 23.5 Å². The van der Waals surface area contributed by atoms with Gasteiger partial charge in [-0.1, -0.05) is 90.0 Å². The van der Waals surface area contributed by atoms with E-state index in [2.05, 4.69) is 76.2 Å². The zero-order chi connectivity index (χ0) is 36.1. The number of rotatable bonds is 10. The lowest BCUT2D eigenvalue weighted by Gasteiger charge is -2.37. The molecule has 3 saturated heterocycles. The number of carbonyl (C=O) groups excluding carboxylic acids is 3. The Bertz CT molecular complexity index is 964. The molecule has 3 amide bonds. The standard InChI is InChI=1S/C13H25NO2.C12H23NO2.C11H21NO3/c1-7-8-14-11(9(2)3)13(6,10(4)5)16-12(14)15;1-7-13-10(8(2)3)12(6,9(4)5)15-11(13)14;1-7(2)9-11(5,8(3)4)15-10(14)12(9)6-13/h9-11H,7-8H2,1-6H3;8-10H,7H2,1-6H3;7-9,13H,6H2,1-5H3. The minimum atomic E-state index is -0.506. The van der Waals surface area contributed by atoms with Crippen LogP contribution in [-0.2, 0) is 14.2 Å². The second kappa shape index (κ2) is 16.2. The smallest absolute Gasteiger partial charge is 0.412 e. The summed E-state index contributed by atoms with van der Waals surface area (Å²) >= 11 is 0. The molecule has 3 heterocycles. The average Bonchev–Trinajstić information content (AvgIpc) is 3.48. The third kappa shape index (κ3) is 8.24. The molecule has 0 bridgehead atoms. The number of hydrogen-bond donors (Lipinski definition) is 1. The van der Waals surface area contributed by atoms with Crippen molar-refractivity contribution in [1.82, 2.24) is 14.7 Å². The van der Waals surface area contributed by atoms with Crippen LogP contribution in [0.15, 0.2) is 0 Å². The van der Waals surface area contributed by atoms with Crippen LogP contribution in [0.4, 0.5) is 14.4 Å². The van der Waals surface area contributed by atoms with Crippen molar-refractivity contribution >= 4 is 18.3 Å². The third-order valence-corrected chi connectivity index (χ3v) is 10.7. The minimum absolute atomic E-state index is 0.0602. The maximum absolute atomic E-state index is 11.9. The van der Waals surface area contributed by atoms with Gasteiger partial charge < -0.3 is 29.1 Å². The van der Waals surface area contributed by atoms with E-state index in [9.17, 15) is 19.5 Å². The number of nitrogens with zero attached hydrogens (tertiary/aromatic N) is 3. The molecule has 46 heavy (non-hydrogen) atoms. The Morgan fingerprint density at radius 3 is 1.11 bits per heavy atom. The predicted octanol–water partition coefficient (Wildman–Crippen LogP) is 8.01. The Morgan fingerprint density at radius 1 is 0.565 bits per heavy atom. The fraction of sp³-hybridized carbons (Fsp3) is 0.917. The highest BCUT2D eigenvalue weighted by atomic mass is 16.6. The molecule has 6 unspecified atom stereocenters. The highest BCUT2D eigenvalue weighted by molar-refractivity contribution is 5.72. The number of hydrogen-bond acceptors (Lipinski definition) is 7. The first-order valence-electron chi connectivity index (χ1n) is 17.6. The van der Waals surface area contributed by atoms with Gasteiger partial charge in [0.2, 0.25) is 0 Å². The summed E-state index contributed by atoms with van der Waals surface area (Å²) in [4.78, 5) is 40.4. The molecular formula is C36H69N3O7. The summed E-state index contributed by atoms with van der Waals surface area (Å²) in [5, 5.41) is 9.19. The first-order valence-corrected chi connectivity index (χ1v) is 17.6.